The van der Waals surface area contributed by atoms with E-state index in [4.69, 9.17) is 9.47 Å². The maximum atomic E-state index is 12.7. The zero-order valence-corrected chi connectivity index (χ0v) is 15.4. The first kappa shape index (κ1) is 18.0. The first-order valence-electron chi connectivity index (χ1n) is 9.30. The molecule has 3 aromatic rings. The lowest BCUT2D eigenvalue weighted by Crippen LogP contribution is -2.96. The molecule has 4 nitrogen and oxygen atoms in total. The molecule has 140 valence electrons. The van der Waals surface area contributed by atoms with Crippen molar-refractivity contribution in [2.24, 2.45) is 0 Å². The maximum Gasteiger partial charge on any atom is 0.136 e. The van der Waals surface area contributed by atoms with Crippen molar-refractivity contribution in [1.29, 1.82) is 0 Å². The molecule has 0 saturated heterocycles. The summed E-state index contributed by atoms with van der Waals surface area (Å²) in [6.45, 7) is 0. The summed E-state index contributed by atoms with van der Waals surface area (Å²) < 4.78 is 11.6. The molecule has 1 aliphatic rings. The van der Waals surface area contributed by atoms with E-state index >= 15 is 0 Å². The van der Waals surface area contributed by atoms with Crippen molar-refractivity contribution in [3.05, 3.63) is 108 Å². The monoisotopic (exact) mass is 371 g/mol. The van der Waals surface area contributed by atoms with E-state index in [1.54, 1.807) is 36.4 Å². The predicted molar refractivity (Wildman–Crippen MR) is 110 cm³/mol. The lowest BCUT2D eigenvalue weighted by atomic mass is 10.2. The number of nitrogens with one attached hydrogen (secondary N) is 1. The van der Waals surface area contributed by atoms with E-state index in [0.29, 0.717) is 17.1 Å². The predicted octanol–water partition coefficient (Wildman–Crippen LogP) is 5.44. The van der Waals surface area contributed by atoms with Gasteiger partial charge in [-0.05, 0) is 61.4 Å². The van der Waals surface area contributed by atoms with Crippen LogP contribution in [0.25, 0.3) is 0 Å². The Balaban J connectivity index is 1.41. The summed E-state index contributed by atoms with van der Waals surface area (Å²) >= 11 is 0. The molecule has 0 aromatic heterocycles. The summed E-state index contributed by atoms with van der Waals surface area (Å²) in [5, 5.41) is 12.7. The minimum absolute atomic E-state index is 0.0328. The van der Waals surface area contributed by atoms with Crippen LogP contribution < -0.4 is 14.5 Å². The largest absolute Gasteiger partial charge is 0.623 e. The van der Waals surface area contributed by atoms with Crippen LogP contribution in [0.1, 0.15) is 12.8 Å². The fourth-order valence-electron chi connectivity index (χ4n) is 2.94. The number of rotatable bonds is 6. The van der Waals surface area contributed by atoms with Gasteiger partial charge in [-0.3, -0.25) is 0 Å². The molecule has 4 rings (SSSR count). The van der Waals surface area contributed by atoms with E-state index < -0.39 is 0 Å². The van der Waals surface area contributed by atoms with Gasteiger partial charge < -0.3 is 19.7 Å². The Morgan fingerprint density at radius 3 is 1.79 bits per heavy atom. The normalized spacial score (nSPS) is 14.2. The van der Waals surface area contributed by atoms with Gasteiger partial charge in [0.25, 0.3) is 0 Å². The number of hydrogen-bond donors (Lipinski definition) is 1. The standard InChI is InChI=1S/C24H21NO3/c26-25(19-11-15-23(16-12-19)27-21-7-3-1-4-8-21)20-13-17-24(18-14-20)28-22-9-5-2-6-10-22/h1,3-5,7-18,25H,2,6H2. The first-order valence-corrected chi connectivity index (χ1v) is 9.30. The molecule has 0 spiro atoms. The number of ether oxygens (including phenoxy) is 2. The minimum atomic E-state index is -0.0328. The lowest BCUT2D eigenvalue weighted by molar-refractivity contribution is -0.698. The second kappa shape index (κ2) is 8.57. The van der Waals surface area contributed by atoms with E-state index in [0.717, 1.165) is 30.1 Å². The van der Waals surface area contributed by atoms with Gasteiger partial charge in [0.2, 0.25) is 0 Å². The number of hydrogen-bond acceptors (Lipinski definition) is 3. The molecule has 0 fully saturated rings. The minimum Gasteiger partial charge on any atom is -0.623 e. The van der Waals surface area contributed by atoms with Crippen LogP contribution in [-0.2, 0) is 0 Å². The van der Waals surface area contributed by atoms with Crippen molar-refractivity contribution in [2.45, 2.75) is 12.8 Å². The van der Waals surface area contributed by atoms with E-state index in [-0.39, 0.29) is 5.06 Å². The van der Waals surface area contributed by atoms with Crippen LogP contribution in [0.5, 0.6) is 17.2 Å². The Labute approximate surface area is 164 Å². The lowest BCUT2D eigenvalue weighted by Gasteiger charge is -2.21. The van der Waals surface area contributed by atoms with E-state index in [1.165, 1.54) is 0 Å². The molecule has 0 amide bonds. The molecule has 0 radical (unpaired) electrons. The SMILES string of the molecule is [O-][NH+](c1ccc(OC2=CCCC=C2)cc1)c1ccc(Oc2ccccc2)cc1. The van der Waals surface area contributed by atoms with Crippen LogP contribution in [0.2, 0.25) is 0 Å². The number of allylic oxidation sites excluding steroid dienone is 3. The van der Waals surface area contributed by atoms with Crippen LogP contribution in [0.3, 0.4) is 0 Å². The molecule has 0 bridgehead atoms. The van der Waals surface area contributed by atoms with Gasteiger partial charge >= 0.3 is 0 Å². The Kier molecular flexibility index (Phi) is 5.52. The van der Waals surface area contributed by atoms with Crippen molar-refractivity contribution in [3.63, 3.8) is 0 Å². The highest BCUT2D eigenvalue weighted by atomic mass is 16.5. The van der Waals surface area contributed by atoms with Gasteiger partial charge in [-0.15, -0.1) is 0 Å². The highest BCUT2D eigenvalue weighted by Gasteiger charge is 2.08. The maximum absolute atomic E-state index is 12.7. The van der Waals surface area contributed by atoms with Gasteiger partial charge in [-0.25, -0.2) is 0 Å². The summed E-state index contributed by atoms with van der Waals surface area (Å²) in [7, 11) is 0. The van der Waals surface area contributed by atoms with Crippen molar-refractivity contribution in [3.8, 4) is 17.2 Å². The summed E-state index contributed by atoms with van der Waals surface area (Å²) in [5.41, 5.74) is 1.24. The number of para-hydroxylation sites is 1. The van der Waals surface area contributed by atoms with Gasteiger partial charge in [0.15, 0.2) is 0 Å². The van der Waals surface area contributed by atoms with E-state index in [9.17, 15) is 5.21 Å². The molecular formula is C24H21NO3. The van der Waals surface area contributed by atoms with Crippen molar-refractivity contribution >= 4 is 11.4 Å². The average molecular weight is 371 g/mol. The topological polar surface area (TPSA) is 46.0 Å². The molecule has 0 saturated carbocycles. The fraction of sp³-hybridized carbons (Fsp3) is 0.0833. The Morgan fingerprint density at radius 2 is 1.21 bits per heavy atom. The second-order valence-corrected chi connectivity index (χ2v) is 6.48. The van der Waals surface area contributed by atoms with Crippen LogP contribution in [0, 0.1) is 5.21 Å². The smallest absolute Gasteiger partial charge is 0.136 e. The van der Waals surface area contributed by atoms with Crippen LogP contribution in [0.15, 0.2) is 103 Å². The van der Waals surface area contributed by atoms with Gasteiger partial charge in [0.05, 0.1) is 0 Å². The summed E-state index contributed by atoms with van der Waals surface area (Å²) in [6.07, 6.45) is 8.18. The third kappa shape index (κ3) is 4.49. The van der Waals surface area contributed by atoms with Crippen molar-refractivity contribution in [2.75, 3.05) is 0 Å². The molecule has 1 N–H and O–H groups in total. The molecule has 0 aliphatic heterocycles. The summed E-state index contributed by atoms with van der Waals surface area (Å²) in [4.78, 5) is 0. The fourth-order valence-corrected chi connectivity index (χ4v) is 2.94. The van der Waals surface area contributed by atoms with Crippen LogP contribution in [-0.4, -0.2) is 0 Å². The Bertz CT molecular complexity index is 961. The molecule has 0 heterocycles. The molecule has 1 atom stereocenters. The summed E-state index contributed by atoms with van der Waals surface area (Å²) in [6, 6.07) is 24.0. The van der Waals surface area contributed by atoms with Gasteiger partial charge in [-0.2, -0.15) is 0 Å². The van der Waals surface area contributed by atoms with Crippen molar-refractivity contribution < 1.29 is 14.5 Å². The van der Waals surface area contributed by atoms with Crippen LogP contribution in [0.4, 0.5) is 11.4 Å². The van der Waals surface area contributed by atoms with Gasteiger partial charge in [0.1, 0.15) is 34.4 Å². The second-order valence-electron chi connectivity index (χ2n) is 6.48. The Hall–Kier alpha value is -3.34. The van der Waals surface area contributed by atoms with Gasteiger partial charge in [-0.1, -0.05) is 24.3 Å². The molecule has 4 heteroatoms. The number of benzene rings is 3. The zero-order chi connectivity index (χ0) is 19.2. The van der Waals surface area contributed by atoms with E-state index in [1.807, 2.05) is 48.5 Å². The molecular weight excluding hydrogens is 350 g/mol. The summed E-state index contributed by atoms with van der Waals surface area (Å²) in [5.74, 6) is 3.03. The number of quaternary nitrogens is 1. The zero-order valence-electron chi connectivity index (χ0n) is 15.4. The molecule has 3 aromatic carbocycles. The molecule has 1 aliphatic carbocycles. The average Bonchev–Trinajstić information content (AvgIpc) is 2.76. The first-order chi connectivity index (χ1) is 13.8. The third-order valence-corrected chi connectivity index (χ3v) is 4.41. The molecule has 28 heavy (non-hydrogen) atoms. The quantitative estimate of drug-likeness (QED) is 0.587. The Morgan fingerprint density at radius 1 is 0.643 bits per heavy atom. The van der Waals surface area contributed by atoms with Crippen LogP contribution >= 0.6 is 0 Å². The van der Waals surface area contributed by atoms with Gasteiger partial charge in [0, 0.05) is 24.3 Å². The van der Waals surface area contributed by atoms with E-state index in [2.05, 4.69) is 12.2 Å². The highest BCUT2D eigenvalue weighted by Crippen LogP contribution is 2.23. The molecule has 1 unspecified atom stereocenters. The van der Waals surface area contributed by atoms with Crippen molar-refractivity contribution in [1.82, 2.24) is 0 Å². The highest BCUT2D eigenvalue weighted by molar-refractivity contribution is 5.44. The third-order valence-electron chi connectivity index (χ3n) is 4.41.